The lowest BCUT2D eigenvalue weighted by Crippen LogP contribution is -2.23. The number of aromatic nitrogens is 2. The van der Waals surface area contributed by atoms with Crippen molar-refractivity contribution >= 4 is 34.6 Å². The molecule has 2 aromatic carbocycles. The van der Waals surface area contributed by atoms with E-state index in [1.165, 1.54) is 0 Å². The molecule has 0 aliphatic carbocycles. The second-order valence-electron chi connectivity index (χ2n) is 6.44. The zero-order chi connectivity index (χ0) is 20.2. The molecule has 7 heteroatoms. The van der Waals surface area contributed by atoms with Crippen LogP contribution >= 0.6 is 0 Å². The number of rotatable bonds is 6. The van der Waals surface area contributed by atoms with E-state index in [-0.39, 0.29) is 5.91 Å². The van der Waals surface area contributed by atoms with Crippen LogP contribution in [0.5, 0.6) is 5.75 Å². The van der Waals surface area contributed by atoms with Crippen LogP contribution in [0.2, 0.25) is 0 Å². The van der Waals surface area contributed by atoms with Gasteiger partial charge in [0.25, 0.3) is 5.91 Å². The van der Waals surface area contributed by atoms with Crippen LogP contribution in [0.3, 0.4) is 0 Å². The number of amides is 1. The minimum absolute atomic E-state index is 0.255. The van der Waals surface area contributed by atoms with Gasteiger partial charge >= 0.3 is 0 Å². The highest BCUT2D eigenvalue weighted by molar-refractivity contribution is 6.05. The Labute approximate surface area is 167 Å². The minimum atomic E-state index is -0.255. The first-order chi connectivity index (χ1) is 14.2. The summed E-state index contributed by atoms with van der Waals surface area (Å²) in [7, 11) is 1.54. The van der Waals surface area contributed by atoms with Crippen molar-refractivity contribution in [2.75, 3.05) is 12.8 Å². The lowest BCUT2D eigenvalue weighted by Gasteiger charge is -2.10. The van der Waals surface area contributed by atoms with E-state index in [0.717, 1.165) is 16.5 Å². The average molecular weight is 388 g/mol. The third kappa shape index (κ3) is 3.84. The molecule has 7 nitrogen and oxygen atoms in total. The number of ether oxygens (including phenoxy) is 1. The number of nitrogen functional groups attached to an aromatic ring is 1. The number of H-pyrrole nitrogens is 1. The molecule has 0 aliphatic heterocycles. The number of hydrogen-bond acceptors (Lipinski definition) is 5. The summed E-state index contributed by atoms with van der Waals surface area (Å²) >= 11 is 0. The summed E-state index contributed by atoms with van der Waals surface area (Å²) in [6.45, 7) is 0.294. The Hall–Kier alpha value is -4.00. The van der Waals surface area contributed by atoms with Crippen LogP contribution in [0.25, 0.3) is 23.1 Å². The highest BCUT2D eigenvalue weighted by Gasteiger charge is 2.19. The van der Waals surface area contributed by atoms with E-state index in [4.69, 9.17) is 14.9 Å². The van der Waals surface area contributed by atoms with Gasteiger partial charge in [0.2, 0.25) is 0 Å². The first kappa shape index (κ1) is 18.4. The Bertz CT molecular complexity index is 1160. The largest absolute Gasteiger partial charge is 0.495 e. The average Bonchev–Trinajstić information content (AvgIpc) is 3.40. The van der Waals surface area contributed by atoms with Crippen LogP contribution < -0.4 is 15.8 Å². The highest BCUT2D eigenvalue weighted by Crippen LogP contribution is 2.32. The zero-order valence-electron chi connectivity index (χ0n) is 15.8. The van der Waals surface area contributed by atoms with Gasteiger partial charge < -0.3 is 20.2 Å². The first-order valence-corrected chi connectivity index (χ1v) is 9.05. The Balaban J connectivity index is 1.65. The standard InChI is InChI=1S/C22H20N4O3/c1-28-21-17(22(27)24-13-16-3-2-12-29-16)9-11-19-20(21)18(25-26-19)10-6-14-4-7-15(23)8-5-14/h2-12H,13,23H2,1H3,(H,24,27)(H,25,26)/b10-6+. The summed E-state index contributed by atoms with van der Waals surface area (Å²) in [5.41, 5.74) is 9.30. The monoisotopic (exact) mass is 388 g/mol. The second-order valence-corrected chi connectivity index (χ2v) is 6.44. The Morgan fingerprint density at radius 2 is 2.03 bits per heavy atom. The molecular weight excluding hydrogens is 368 g/mol. The molecule has 4 N–H and O–H groups in total. The zero-order valence-corrected chi connectivity index (χ0v) is 15.8. The fourth-order valence-corrected chi connectivity index (χ4v) is 3.08. The summed E-state index contributed by atoms with van der Waals surface area (Å²) in [5.74, 6) is 0.883. The number of nitrogens with two attached hydrogens (primary N) is 1. The molecule has 0 saturated heterocycles. The third-order valence-corrected chi connectivity index (χ3v) is 4.53. The van der Waals surface area contributed by atoms with Crippen molar-refractivity contribution in [3.05, 3.63) is 77.4 Å². The van der Waals surface area contributed by atoms with E-state index in [2.05, 4.69) is 15.5 Å². The van der Waals surface area contributed by atoms with Crippen LogP contribution in [-0.4, -0.2) is 23.2 Å². The van der Waals surface area contributed by atoms with Crippen LogP contribution in [0, 0.1) is 0 Å². The Kier molecular flexibility index (Phi) is 5.03. The van der Waals surface area contributed by atoms with E-state index in [9.17, 15) is 4.79 Å². The number of methoxy groups -OCH3 is 1. The van der Waals surface area contributed by atoms with Gasteiger partial charge in [-0.05, 0) is 48.0 Å². The number of anilines is 1. The maximum Gasteiger partial charge on any atom is 0.255 e. The second kappa shape index (κ2) is 7.93. The van der Waals surface area contributed by atoms with E-state index in [1.807, 2.05) is 42.5 Å². The molecule has 4 aromatic rings. The summed E-state index contributed by atoms with van der Waals surface area (Å²) in [5, 5.41) is 10.9. The number of nitrogens with zero attached hydrogens (tertiary/aromatic N) is 1. The van der Waals surface area contributed by atoms with E-state index >= 15 is 0 Å². The van der Waals surface area contributed by atoms with Crippen molar-refractivity contribution < 1.29 is 13.9 Å². The van der Waals surface area contributed by atoms with Gasteiger partial charge in [0, 0.05) is 5.69 Å². The van der Waals surface area contributed by atoms with Crippen molar-refractivity contribution in [3.8, 4) is 5.75 Å². The fourth-order valence-electron chi connectivity index (χ4n) is 3.08. The van der Waals surface area contributed by atoms with E-state index < -0.39 is 0 Å². The Morgan fingerprint density at radius 1 is 1.21 bits per heavy atom. The molecular formula is C22H20N4O3. The van der Waals surface area contributed by atoms with Gasteiger partial charge in [-0.25, -0.2) is 0 Å². The molecule has 0 bridgehead atoms. The summed E-state index contributed by atoms with van der Waals surface area (Å²) < 4.78 is 10.8. The maximum absolute atomic E-state index is 12.7. The number of benzene rings is 2. The molecule has 0 atom stereocenters. The van der Waals surface area contributed by atoms with Crippen LogP contribution in [-0.2, 0) is 6.54 Å². The predicted molar refractivity (Wildman–Crippen MR) is 112 cm³/mol. The summed E-state index contributed by atoms with van der Waals surface area (Å²) in [6.07, 6.45) is 5.37. The van der Waals surface area contributed by atoms with E-state index in [1.54, 1.807) is 31.6 Å². The van der Waals surface area contributed by atoms with Gasteiger partial charge in [-0.2, -0.15) is 5.10 Å². The lowest BCUT2D eigenvalue weighted by molar-refractivity contribution is 0.0945. The molecule has 4 rings (SSSR count). The molecule has 0 aliphatic rings. The van der Waals surface area contributed by atoms with Crippen LogP contribution in [0.4, 0.5) is 5.69 Å². The molecule has 2 aromatic heterocycles. The normalized spacial score (nSPS) is 11.2. The molecule has 0 unspecified atom stereocenters. The molecule has 0 fully saturated rings. The van der Waals surface area contributed by atoms with Gasteiger partial charge in [0.05, 0.1) is 42.1 Å². The molecule has 146 valence electrons. The number of nitrogens with one attached hydrogen (secondary N) is 2. The van der Waals surface area contributed by atoms with Gasteiger partial charge in [0.1, 0.15) is 11.5 Å². The minimum Gasteiger partial charge on any atom is -0.495 e. The van der Waals surface area contributed by atoms with Gasteiger partial charge in [0.15, 0.2) is 0 Å². The number of furan rings is 1. The molecule has 0 spiro atoms. The van der Waals surface area contributed by atoms with Crippen molar-refractivity contribution in [1.82, 2.24) is 15.5 Å². The molecule has 29 heavy (non-hydrogen) atoms. The smallest absolute Gasteiger partial charge is 0.255 e. The van der Waals surface area contributed by atoms with Crippen molar-refractivity contribution in [2.24, 2.45) is 0 Å². The molecule has 2 heterocycles. The first-order valence-electron chi connectivity index (χ1n) is 9.05. The van der Waals surface area contributed by atoms with Crippen molar-refractivity contribution in [1.29, 1.82) is 0 Å². The molecule has 1 amide bonds. The van der Waals surface area contributed by atoms with Crippen molar-refractivity contribution in [2.45, 2.75) is 6.54 Å². The Morgan fingerprint density at radius 3 is 2.76 bits per heavy atom. The SMILES string of the molecule is COc1c(C(=O)NCc2ccco2)ccc2[nH]nc(/C=C/c3ccc(N)cc3)c12. The number of carbonyl (C=O) groups is 1. The number of fused-ring (bicyclic) bond motifs is 1. The summed E-state index contributed by atoms with van der Waals surface area (Å²) in [6, 6.07) is 14.6. The van der Waals surface area contributed by atoms with Crippen LogP contribution in [0.15, 0.2) is 59.2 Å². The van der Waals surface area contributed by atoms with Gasteiger partial charge in [-0.3, -0.25) is 9.89 Å². The van der Waals surface area contributed by atoms with Gasteiger partial charge in [-0.1, -0.05) is 18.2 Å². The topological polar surface area (TPSA) is 106 Å². The van der Waals surface area contributed by atoms with Gasteiger partial charge in [-0.15, -0.1) is 0 Å². The number of hydrogen-bond donors (Lipinski definition) is 3. The number of carbonyl (C=O) groups excluding carboxylic acids is 1. The predicted octanol–water partition coefficient (Wildman–Crippen LogP) is 3.85. The van der Waals surface area contributed by atoms with Crippen LogP contribution in [0.1, 0.15) is 27.4 Å². The highest BCUT2D eigenvalue weighted by atomic mass is 16.5. The maximum atomic E-state index is 12.7. The molecule has 0 radical (unpaired) electrons. The van der Waals surface area contributed by atoms with Crippen molar-refractivity contribution in [3.63, 3.8) is 0 Å². The molecule has 0 saturated carbocycles. The quantitative estimate of drug-likeness (QED) is 0.435. The lowest BCUT2D eigenvalue weighted by atomic mass is 10.1. The van der Waals surface area contributed by atoms with E-state index in [0.29, 0.717) is 35.0 Å². The number of aromatic amines is 1. The fraction of sp³-hybridized carbons (Fsp3) is 0.0909. The third-order valence-electron chi connectivity index (χ3n) is 4.53. The summed E-state index contributed by atoms with van der Waals surface area (Å²) in [4.78, 5) is 12.7.